The highest BCUT2D eigenvalue weighted by atomic mass is 35.5. The van der Waals surface area contributed by atoms with E-state index in [4.69, 9.17) is 16.3 Å². The van der Waals surface area contributed by atoms with Crippen LogP contribution in [0, 0.1) is 0 Å². The van der Waals surface area contributed by atoms with Gasteiger partial charge in [-0.2, -0.15) is 0 Å². The third-order valence-electron chi connectivity index (χ3n) is 4.11. The van der Waals surface area contributed by atoms with Crippen LogP contribution in [0.3, 0.4) is 0 Å². The summed E-state index contributed by atoms with van der Waals surface area (Å²) < 4.78 is 7.14. The van der Waals surface area contributed by atoms with Crippen molar-refractivity contribution in [3.8, 4) is 10.6 Å². The second-order valence-electron chi connectivity index (χ2n) is 5.51. The van der Waals surface area contributed by atoms with Gasteiger partial charge in [-0.15, -0.1) is 11.3 Å². The molecule has 1 saturated heterocycles. The Morgan fingerprint density at radius 2 is 2.12 bits per heavy atom. The number of aromatic nitrogens is 3. The highest BCUT2D eigenvalue weighted by molar-refractivity contribution is 7.13. The number of aliphatic hydroxyl groups is 3. The van der Waals surface area contributed by atoms with Gasteiger partial charge >= 0.3 is 0 Å². The number of fused-ring (bicyclic) bond motifs is 1. The Bertz CT molecular complexity index is 869. The van der Waals surface area contributed by atoms with Gasteiger partial charge in [0, 0.05) is 6.20 Å². The summed E-state index contributed by atoms with van der Waals surface area (Å²) >= 11 is 7.92. The van der Waals surface area contributed by atoms with Crippen molar-refractivity contribution in [1.82, 2.24) is 14.5 Å². The van der Waals surface area contributed by atoms with E-state index in [-0.39, 0.29) is 0 Å². The van der Waals surface area contributed by atoms with Gasteiger partial charge in [-0.1, -0.05) is 17.7 Å². The van der Waals surface area contributed by atoms with Crippen molar-refractivity contribution >= 4 is 34.0 Å². The molecule has 0 aliphatic carbocycles. The Hall–Kier alpha value is -1.55. The molecule has 0 radical (unpaired) electrons. The zero-order chi connectivity index (χ0) is 16.8. The second-order valence-corrected chi connectivity index (χ2v) is 6.87. The van der Waals surface area contributed by atoms with Crippen LogP contribution >= 0.6 is 22.9 Å². The lowest BCUT2D eigenvalue weighted by atomic mass is 10.1. The van der Waals surface area contributed by atoms with Gasteiger partial charge in [0.2, 0.25) is 0 Å². The molecular weight excluding hydrogens is 354 g/mol. The molecule has 126 valence electrons. The van der Waals surface area contributed by atoms with Gasteiger partial charge in [0.1, 0.15) is 30.3 Å². The monoisotopic (exact) mass is 367 g/mol. The molecule has 7 nitrogen and oxygen atoms in total. The van der Waals surface area contributed by atoms with E-state index >= 15 is 0 Å². The lowest BCUT2D eigenvalue weighted by Crippen LogP contribution is -2.33. The summed E-state index contributed by atoms with van der Waals surface area (Å²) in [4.78, 5) is 9.54. The molecule has 24 heavy (non-hydrogen) atoms. The highest BCUT2D eigenvalue weighted by Gasteiger charge is 2.44. The summed E-state index contributed by atoms with van der Waals surface area (Å²) in [6.07, 6.45) is -1.12. The topological polar surface area (TPSA) is 101 Å². The summed E-state index contributed by atoms with van der Waals surface area (Å²) in [5.74, 6) is 0. The van der Waals surface area contributed by atoms with Crippen molar-refractivity contribution in [1.29, 1.82) is 0 Å². The SMILES string of the molecule is OC[C@H]1O[C@@H](n2cc(Cl)c3c(-c4cccs4)ncnc32)C(O)[C@@H]1O. The second kappa shape index (κ2) is 6.07. The first-order valence-electron chi connectivity index (χ1n) is 7.29. The highest BCUT2D eigenvalue weighted by Crippen LogP contribution is 2.38. The number of thiophene rings is 1. The molecule has 0 aromatic carbocycles. The van der Waals surface area contributed by atoms with Crippen LogP contribution in [-0.4, -0.2) is 54.8 Å². The molecule has 9 heteroatoms. The molecule has 0 saturated carbocycles. The van der Waals surface area contributed by atoms with Gasteiger partial charge in [0.15, 0.2) is 6.23 Å². The van der Waals surface area contributed by atoms with Gasteiger partial charge in [-0.05, 0) is 11.4 Å². The first-order valence-corrected chi connectivity index (χ1v) is 8.55. The minimum atomic E-state index is -1.20. The molecule has 4 heterocycles. The zero-order valence-corrected chi connectivity index (χ0v) is 13.9. The van der Waals surface area contributed by atoms with E-state index in [1.807, 2.05) is 17.5 Å². The smallest absolute Gasteiger partial charge is 0.164 e. The molecule has 4 rings (SSSR count). The molecule has 3 aromatic rings. The Morgan fingerprint density at radius 1 is 1.29 bits per heavy atom. The zero-order valence-electron chi connectivity index (χ0n) is 12.3. The molecule has 1 fully saturated rings. The standard InChI is InChI=1S/C15H14ClN3O4S/c16-7-4-19(15-13(22)12(21)8(5-20)23-15)14-10(7)11(17-6-18-14)9-2-1-3-24-9/h1-4,6,8,12-13,15,20-22H,5H2/t8-,12-,13?,15-/m1/s1. The average Bonchev–Trinajstić information content (AvgIpc) is 3.29. The van der Waals surface area contributed by atoms with E-state index in [2.05, 4.69) is 9.97 Å². The molecule has 0 bridgehead atoms. The minimum Gasteiger partial charge on any atom is -0.394 e. The number of hydrogen-bond acceptors (Lipinski definition) is 7. The van der Waals surface area contributed by atoms with Gasteiger partial charge in [0.05, 0.1) is 27.6 Å². The maximum atomic E-state index is 10.2. The van der Waals surface area contributed by atoms with Crippen molar-refractivity contribution in [2.45, 2.75) is 24.5 Å². The first-order chi connectivity index (χ1) is 11.6. The minimum absolute atomic E-state index is 0.392. The van der Waals surface area contributed by atoms with Crippen molar-refractivity contribution in [2.75, 3.05) is 6.61 Å². The van der Waals surface area contributed by atoms with E-state index in [1.54, 1.807) is 10.8 Å². The Labute approximate surface area is 145 Å². The summed E-state index contributed by atoms with van der Waals surface area (Å²) in [7, 11) is 0. The normalized spacial score (nSPS) is 27.2. The van der Waals surface area contributed by atoms with Gasteiger partial charge < -0.3 is 24.6 Å². The van der Waals surface area contributed by atoms with Crippen LogP contribution in [0.25, 0.3) is 21.6 Å². The first kappa shape index (κ1) is 15.9. The van der Waals surface area contributed by atoms with Crippen molar-refractivity contribution in [3.05, 3.63) is 35.1 Å². The third kappa shape index (κ3) is 2.34. The van der Waals surface area contributed by atoms with Crippen LogP contribution in [-0.2, 0) is 4.74 Å². The predicted octanol–water partition coefficient (Wildman–Crippen LogP) is 1.42. The Morgan fingerprint density at radius 3 is 2.79 bits per heavy atom. The predicted molar refractivity (Wildman–Crippen MR) is 88.9 cm³/mol. The van der Waals surface area contributed by atoms with E-state index in [1.165, 1.54) is 17.7 Å². The lowest BCUT2D eigenvalue weighted by Gasteiger charge is -2.17. The average molecular weight is 368 g/mol. The van der Waals surface area contributed by atoms with Crippen molar-refractivity contribution in [2.24, 2.45) is 0 Å². The van der Waals surface area contributed by atoms with Crippen LogP contribution < -0.4 is 0 Å². The number of halogens is 1. The summed E-state index contributed by atoms with van der Waals surface area (Å²) in [5, 5.41) is 32.5. The van der Waals surface area contributed by atoms with Gasteiger partial charge in [-0.3, -0.25) is 0 Å². The van der Waals surface area contributed by atoms with E-state index in [0.29, 0.717) is 21.7 Å². The molecular formula is C15H14ClN3O4S. The number of ether oxygens (including phenoxy) is 1. The fraction of sp³-hybridized carbons (Fsp3) is 0.333. The molecule has 0 spiro atoms. The lowest BCUT2D eigenvalue weighted by molar-refractivity contribution is -0.0508. The van der Waals surface area contributed by atoms with Crippen LogP contribution in [0.2, 0.25) is 5.02 Å². The van der Waals surface area contributed by atoms with Crippen molar-refractivity contribution in [3.63, 3.8) is 0 Å². The third-order valence-corrected chi connectivity index (χ3v) is 5.27. The van der Waals surface area contributed by atoms with Crippen LogP contribution in [0.1, 0.15) is 6.23 Å². The fourth-order valence-corrected chi connectivity index (χ4v) is 3.95. The van der Waals surface area contributed by atoms with Gasteiger partial charge in [0.25, 0.3) is 0 Å². The largest absolute Gasteiger partial charge is 0.394 e. The van der Waals surface area contributed by atoms with Crippen LogP contribution in [0.4, 0.5) is 0 Å². The van der Waals surface area contributed by atoms with E-state index in [0.717, 1.165) is 4.88 Å². The van der Waals surface area contributed by atoms with Gasteiger partial charge in [-0.25, -0.2) is 9.97 Å². The number of aliphatic hydroxyl groups excluding tert-OH is 3. The van der Waals surface area contributed by atoms with Crippen molar-refractivity contribution < 1.29 is 20.1 Å². The molecule has 1 aliphatic heterocycles. The molecule has 4 atom stereocenters. The van der Waals surface area contributed by atoms with Crippen LogP contribution in [0.5, 0.6) is 0 Å². The van der Waals surface area contributed by atoms with Crippen LogP contribution in [0.15, 0.2) is 30.0 Å². The van der Waals surface area contributed by atoms with E-state index < -0.39 is 31.1 Å². The number of hydrogen-bond donors (Lipinski definition) is 3. The molecule has 3 N–H and O–H groups in total. The van der Waals surface area contributed by atoms with E-state index in [9.17, 15) is 15.3 Å². The molecule has 1 unspecified atom stereocenters. The summed E-state index contributed by atoms with van der Waals surface area (Å²) in [6, 6.07) is 3.86. The fourth-order valence-electron chi connectivity index (χ4n) is 2.94. The quantitative estimate of drug-likeness (QED) is 0.647. The molecule has 3 aromatic heterocycles. The molecule has 0 amide bonds. The Balaban J connectivity index is 1.86. The Kier molecular flexibility index (Phi) is 4.03. The summed E-state index contributed by atoms with van der Waals surface area (Å²) in [5.41, 5.74) is 1.19. The number of rotatable bonds is 3. The maximum absolute atomic E-state index is 10.2. The number of nitrogens with zero attached hydrogens (tertiary/aromatic N) is 3. The summed E-state index contributed by atoms with van der Waals surface area (Å²) in [6.45, 7) is -0.392. The maximum Gasteiger partial charge on any atom is 0.164 e. The molecule has 1 aliphatic rings.